The zero-order chi connectivity index (χ0) is 24.9. The average Bonchev–Trinajstić information content (AvgIpc) is 3.30. The molecular formula is C27H31N5O3. The molecule has 0 aliphatic carbocycles. The number of rotatable bonds is 9. The smallest absolute Gasteiger partial charge is 0.256 e. The summed E-state index contributed by atoms with van der Waals surface area (Å²) in [5.41, 5.74) is 5.03. The monoisotopic (exact) mass is 473 g/mol. The second-order valence-electron chi connectivity index (χ2n) is 8.70. The van der Waals surface area contributed by atoms with Gasteiger partial charge in [0.05, 0.1) is 12.8 Å². The zero-order valence-electron chi connectivity index (χ0n) is 20.8. The Morgan fingerprint density at radius 1 is 1.00 bits per heavy atom. The molecule has 1 N–H and O–H groups in total. The topological polar surface area (TPSA) is 83.6 Å². The van der Waals surface area contributed by atoms with Gasteiger partial charge in [-0.3, -0.25) is 9.89 Å². The number of hydrogen-bond donors (Lipinski definition) is 1. The number of fused-ring (bicyclic) bond motifs is 1. The van der Waals surface area contributed by atoms with Gasteiger partial charge in [-0.25, -0.2) is 4.98 Å². The Labute approximate surface area is 205 Å². The molecule has 0 bridgehead atoms. The van der Waals surface area contributed by atoms with Crippen molar-refractivity contribution in [3.05, 3.63) is 66.4 Å². The molecule has 8 heteroatoms. The molecule has 4 aromatic rings. The van der Waals surface area contributed by atoms with Gasteiger partial charge in [0.25, 0.3) is 5.91 Å². The number of amides is 1. The number of benzene rings is 2. The van der Waals surface area contributed by atoms with E-state index in [1.165, 1.54) is 0 Å². The summed E-state index contributed by atoms with van der Waals surface area (Å²) in [6, 6.07) is 17.7. The summed E-state index contributed by atoms with van der Waals surface area (Å²) in [6.07, 6.45) is 1.11. The Kier molecular flexibility index (Phi) is 7.43. The summed E-state index contributed by atoms with van der Waals surface area (Å²) in [4.78, 5) is 21.4. The van der Waals surface area contributed by atoms with E-state index in [1.54, 1.807) is 32.4 Å². The van der Waals surface area contributed by atoms with E-state index in [1.807, 2.05) is 67.5 Å². The number of carbonyl (C=O) groups excluding carboxylic acids is 1. The fourth-order valence-corrected chi connectivity index (χ4v) is 4.04. The summed E-state index contributed by atoms with van der Waals surface area (Å²) < 4.78 is 11.2. The second-order valence-corrected chi connectivity index (χ2v) is 8.70. The van der Waals surface area contributed by atoms with Crippen LogP contribution >= 0.6 is 0 Å². The van der Waals surface area contributed by atoms with Crippen LogP contribution in [0, 0.1) is 0 Å². The molecule has 2 aromatic carbocycles. The van der Waals surface area contributed by atoms with Gasteiger partial charge >= 0.3 is 0 Å². The van der Waals surface area contributed by atoms with Crippen LogP contribution in [0.3, 0.4) is 0 Å². The lowest BCUT2D eigenvalue weighted by molar-refractivity contribution is -0.141. The number of aromatic amines is 1. The summed E-state index contributed by atoms with van der Waals surface area (Å²) in [7, 11) is 8.99. The zero-order valence-corrected chi connectivity index (χ0v) is 20.8. The molecular weight excluding hydrogens is 442 g/mol. The number of carbonyl (C=O) groups is 1. The lowest BCUT2D eigenvalue weighted by Crippen LogP contribution is -2.37. The number of nitrogens with one attached hydrogen (secondary N) is 1. The van der Waals surface area contributed by atoms with Gasteiger partial charge in [0.15, 0.2) is 11.8 Å². The maximum atomic E-state index is 13.1. The molecule has 0 fully saturated rings. The minimum atomic E-state index is -0.683. The molecule has 2 aromatic heterocycles. The van der Waals surface area contributed by atoms with Crippen LogP contribution in [-0.2, 0) is 9.53 Å². The van der Waals surface area contributed by atoms with E-state index in [0.717, 1.165) is 45.6 Å². The van der Waals surface area contributed by atoms with Crippen LogP contribution < -0.4 is 4.74 Å². The van der Waals surface area contributed by atoms with Gasteiger partial charge < -0.3 is 19.3 Å². The van der Waals surface area contributed by atoms with Gasteiger partial charge in [-0.15, -0.1) is 0 Å². The van der Waals surface area contributed by atoms with Crippen LogP contribution in [0.2, 0.25) is 0 Å². The summed E-state index contributed by atoms with van der Waals surface area (Å²) in [5, 5.41) is 8.36. The Morgan fingerprint density at radius 3 is 2.54 bits per heavy atom. The van der Waals surface area contributed by atoms with Gasteiger partial charge in [0, 0.05) is 50.0 Å². The third-order valence-corrected chi connectivity index (χ3v) is 6.03. The number of likely N-dealkylation sites (N-methyl/N-ethyl adjacent to an activating group) is 2. The SMILES string of the molecule is COc1ccccc1-c1[nH]nc2ncc(-c3cccc(C(OC)C(=O)N(C)CCN(C)C)c3)cc12. The van der Waals surface area contributed by atoms with Crippen molar-refractivity contribution in [2.45, 2.75) is 6.10 Å². The van der Waals surface area contributed by atoms with E-state index >= 15 is 0 Å². The molecule has 182 valence electrons. The van der Waals surface area contributed by atoms with Crippen molar-refractivity contribution < 1.29 is 14.3 Å². The molecule has 0 saturated carbocycles. The molecule has 8 nitrogen and oxygen atoms in total. The second kappa shape index (κ2) is 10.7. The van der Waals surface area contributed by atoms with Crippen LogP contribution in [0.15, 0.2) is 60.8 Å². The predicted molar refractivity (Wildman–Crippen MR) is 137 cm³/mol. The van der Waals surface area contributed by atoms with Crippen molar-refractivity contribution >= 4 is 16.9 Å². The highest BCUT2D eigenvalue weighted by atomic mass is 16.5. The van der Waals surface area contributed by atoms with Gasteiger partial charge in [0.2, 0.25) is 0 Å². The number of methoxy groups -OCH3 is 2. The van der Waals surface area contributed by atoms with E-state index in [0.29, 0.717) is 12.2 Å². The Bertz CT molecular complexity index is 1320. The maximum Gasteiger partial charge on any atom is 0.256 e. The van der Waals surface area contributed by atoms with Crippen LogP contribution in [-0.4, -0.2) is 79.3 Å². The molecule has 0 aliphatic heterocycles. The third-order valence-electron chi connectivity index (χ3n) is 6.03. The molecule has 1 unspecified atom stereocenters. The van der Waals surface area contributed by atoms with Gasteiger partial charge in [0.1, 0.15) is 5.75 Å². The third kappa shape index (κ3) is 5.18. The largest absolute Gasteiger partial charge is 0.496 e. The van der Waals surface area contributed by atoms with Crippen molar-refractivity contribution in [3.8, 4) is 28.1 Å². The molecule has 0 aliphatic rings. The van der Waals surface area contributed by atoms with Crippen LogP contribution in [0.1, 0.15) is 11.7 Å². The Morgan fingerprint density at radius 2 is 1.80 bits per heavy atom. The lowest BCUT2D eigenvalue weighted by Gasteiger charge is -2.24. The van der Waals surface area contributed by atoms with Crippen molar-refractivity contribution in [2.75, 3.05) is 48.5 Å². The van der Waals surface area contributed by atoms with Crippen molar-refractivity contribution in [1.29, 1.82) is 0 Å². The molecule has 4 rings (SSSR count). The predicted octanol–water partition coefficient (Wildman–Crippen LogP) is 4.01. The highest BCUT2D eigenvalue weighted by molar-refractivity contribution is 5.94. The van der Waals surface area contributed by atoms with E-state index in [4.69, 9.17) is 9.47 Å². The lowest BCUT2D eigenvalue weighted by atomic mass is 9.99. The van der Waals surface area contributed by atoms with Crippen molar-refractivity contribution in [1.82, 2.24) is 25.0 Å². The van der Waals surface area contributed by atoms with Gasteiger partial charge in [-0.1, -0.05) is 30.3 Å². The van der Waals surface area contributed by atoms with E-state index in [9.17, 15) is 4.79 Å². The minimum absolute atomic E-state index is 0.0756. The normalized spacial score (nSPS) is 12.2. The van der Waals surface area contributed by atoms with Gasteiger partial charge in [-0.05, 0) is 49.5 Å². The fourth-order valence-electron chi connectivity index (χ4n) is 4.04. The number of para-hydroxylation sites is 1. The van der Waals surface area contributed by atoms with Crippen LogP contribution in [0.4, 0.5) is 0 Å². The van der Waals surface area contributed by atoms with Gasteiger partial charge in [-0.2, -0.15) is 5.10 Å². The molecule has 0 saturated heterocycles. The Balaban J connectivity index is 1.68. The first-order chi connectivity index (χ1) is 16.9. The van der Waals surface area contributed by atoms with E-state index < -0.39 is 6.10 Å². The standard InChI is InChI=1S/C27H31N5O3/c1-31(2)13-14-32(3)27(33)25(35-5)19-10-8-9-18(15-19)20-16-22-24(29-30-26(22)28-17-20)21-11-6-7-12-23(21)34-4/h6-12,15-17,25H,13-14H2,1-5H3,(H,28,29,30). The van der Waals surface area contributed by atoms with E-state index in [2.05, 4.69) is 21.2 Å². The summed E-state index contributed by atoms with van der Waals surface area (Å²) >= 11 is 0. The number of aromatic nitrogens is 3. The molecule has 1 amide bonds. The summed E-state index contributed by atoms with van der Waals surface area (Å²) in [5.74, 6) is 0.679. The molecule has 0 radical (unpaired) electrons. The molecule has 2 heterocycles. The minimum Gasteiger partial charge on any atom is -0.496 e. The Hall–Kier alpha value is -3.75. The number of H-pyrrole nitrogens is 1. The maximum absolute atomic E-state index is 13.1. The van der Waals surface area contributed by atoms with Crippen LogP contribution in [0.5, 0.6) is 5.75 Å². The van der Waals surface area contributed by atoms with Crippen molar-refractivity contribution in [3.63, 3.8) is 0 Å². The highest BCUT2D eigenvalue weighted by Crippen LogP contribution is 2.34. The highest BCUT2D eigenvalue weighted by Gasteiger charge is 2.24. The van der Waals surface area contributed by atoms with Crippen molar-refractivity contribution in [2.24, 2.45) is 0 Å². The molecule has 0 spiro atoms. The molecule has 1 atom stereocenters. The van der Waals surface area contributed by atoms with Crippen LogP contribution in [0.25, 0.3) is 33.4 Å². The number of ether oxygens (including phenoxy) is 2. The first-order valence-corrected chi connectivity index (χ1v) is 11.4. The van der Waals surface area contributed by atoms with E-state index in [-0.39, 0.29) is 5.91 Å². The number of hydrogen-bond acceptors (Lipinski definition) is 6. The first-order valence-electron chi connectivity index (χ1n) is 11.4. The number of nitrogens with zero attached hydrogens (tertiary/aromatic N) is 4. The quantitative estimate of drug-likeness (QED) is 0.396. The fraction of sp³-hybridized carbons (Fsp3) is 0.296. The summed E-state index contributed by atoms with van der Waals surface area (Å²) in [6.45, 7) is 1.40. The average molecular weight is 474 g/mol. The first kappa shape index (κ1) is 24.4. The number of pyridine rings is 1. The molecule has 35 heavy (non-hydrogen) atoms.